The van der Waals surface area contributed by atoms with Crippen molar-refractivity contribution >= 4 is 39.2 Å². The first-order chi connectivity index (χ1) is 12.0. The number of fused-ring (bicyclic) bond motifs is 1. The molecule has 1 amide bonds. The molecule has 1 N–H and O–H groups in total. The van der Waals surface area contributed by atoms with Crippen molar-refractivity contribution in [3.8, 4) is 0 Å². The molecule has 7 heteroatoms. The van der Waals surface area contributed by atoms with Crippen molar-refractivity contribution in [3.05, 3.63) is 59.7 Å². The maximum Gasteiger partial charge on any atom is 0.221 e. The molecule has 0 fully saturated rings. The summed E-state index contributed by atoms with van der Waals surface area (Å²) in [6.45, 7) is 1.68. The number of benzene rings is 2. The van der Waals surface area contributed by atoms with Crippen molar-refractivity contribution < 1.29 is 13.6 Å². The van der Waals surface area contributed by atoms with Gasteiger partial charge in [-0.25, -0.2) is 13.8 Å². The van der Waals surface area contributed by atoms with Crippen LogP contribution in [0.3, 0.4) is 0 Å². The number of thiazole rings is 1. The second-order valence-electron chi connectivity index (χ2n) is 5.50. The van der Waals surface area contributed by atoms with Crippen molar-refractivity contribution in [2.24, 2.45) is 0 Å². The normalized spacial score (nSPS) is 12.3. The Balaban J connectivity index is 1.50. The molecule has 0 radical (unpaired) electrons. The third kappa shape index (κ3) is 4.55. The quantitative estimate of drug-likeness (QED) is 0.618. The standard InChI is InChI=1S/C18H16F2N2OS2/c1-11(13-7-6-12(19)10-14(13)20)21-17(23)8-9-24-18-22-15-4-2-3-5-16(15)25-18/h2-7,10-11H,8-9H2,1H3,(H,21,23)/t11-/m1/s1. The molecule has 0 unspecified atom stereocenters. The van der Waals surface area contributed by atoms with E-state index in [9.17, 15) is 13.6 Å². The lowest BCUT2D eigenvalue weighted by Crippen LogP contribution is -2.27. The van der Waals surface area contributed by atoms with Crippen LogP contribution in [-0.2, 0) is 4.79 Å². The first-order valence-corrected chi connectivity index (χ1v) is 9.56. The molecule has 0 aliphatic rings. The Morgan fingerprint density at radius 1 is 1.28 bits per heavy atom. The molecule has 0 bridgehead atoms. The molecule has 1 aromatic heterocycles. The number of para-hydroxylation sites is 1. The molecular formula is C18H16F2N2OS2. The van der Waals surface area contributed by atoms with E-state index in [-0.39, 0.29) is 11.5 Å². The van der Waals surface area contributed by atoms with E-state index in [2.05, 4.69) is 10.3 Å². The van der Waals surface area contributed by atoms with E-state index in [1.165, 1.54) is 23.9 Å². The molecule has 0 saturated heterocycles. The lowest BCUT2D eigenvalue weighted by molar-refractivity contribution is -0.121. The maximum atomic E-state index is 13.7. The predicted octanol–water partition coefficient (Wildman–Crippen LogP) is 4.93. The van der Waals surface area contributed by atoms with Crippen molar-refractivity contribution in [3.63, 3.8) is 0 Å². The van der Waals surface area contributed by atoms with E-state index >= 15 is 0 Å². The molecule has 2 aromatic carbocycles. The molecule has 0 aliphatic carbocycles. The van der Waals surface area contributed by atoms with Gasteiger partial charge in [-0.1, -0.05) is 30.0 Å². The minimum atomic E-state index is -0.656. The second-order valence-corrected chi connectivity index (χ2v) is 7.87. The van der Waals surface area contributed by atoms with Crippen molar-refractivity contribution in [2.45, 2.75) is 23.7 Å². The highest BCUT2D eigenvalue weighted by atomic mass is 32.2. The molecule has 0 spiro atoms. The Labute approximate surface area is 152 Å². The van der Waals surface area contributed by atoms with Gasteiger partial charge in [0.05, 0.1) is 16.3 Å². The third-order valence-corrected chi connectivity index (χ3v) is 5.82. The van der Waals surface area contributed by atoms with Crippen LogP contribution in [0.5, 0.6) is 0 Å². The van der Waals surface area contributed by atoms with Crippen LogP contribution in [-0.4, -0.2) is 16.6 Å². The van der Waals surface area contributed by atoms with Crippen molar-refractivity contribution in [2.75, 3.05) is 5.75 Å². The van der Waals surface area contributed by atoms with Crippen LogP contribution in [0.25, 0.3) is 10.2 Å². The second kappa shape index (κ2) is 7.93. The number of nitrogens with one attached hydrogen (secondary N) is 1. The highest BCUT2D eigenvalue weighted by Crippen LogP contribution is 2.29. The molecule has 0 saturated carbocycles. The van der Waals surface area contributed by atoms with Gasteiger partial charge < -0.3 is 5.32 Å². The van der Waals surface area contributed by atoms with Gasteiger partial charge in [0.2, 0.25) is 5.91 Å². The summed E-state index contributed by atoms with van der Waals surface area (Å²) in [6.07, 6.45) is 0.299. The van der Waals surface area contributed by atoms with Gasteiger partial charge >= 0.3 is 0 Å². The van der Waals surface area contributed by atoms with E-state index < -0.39 is 17.7 Å². The Morgan fingerprint density at radius 3 is 2.84 bits per heavy atom. The van der Waals surface area contributed by atoms with Gasteiger partial charge in [0, 0.05) is 23.8 Å². The summed E-state index contributed by atoms with van der Waals surface area (Å²) in [5.74, 6) is -0.877. The molecule has 3 nitrogen and oxygen atoms in total. The SMILES string of the molecule is C[C@@H](NC(=O)CCSc1nc2ccccc2s1)c1ccc(F)cc1F. The van der Waals surface area contributed by atoms with Gasteiger partial charge in [-0.3, -0.25) is 4.79 Å². The Hall–Kier alpha value is -1.99. The largest absolute Gasteiger partial charge is 0.349 e. The number of halogens is 2. The van der Waals surface area contributed by atoms with Gasteiger partial charge in [0.1, 0.15) is 11.6 Å². The van der Waals surface area contributed by atoms with E-state index in [0.717, 1.165) is 20.6 Å². The van der Waals surface area contributed by atoms with Gasteiger partial charge in [-0.2, -0.15) is 0 Å². The van der Waals surface area contributed by atoms with E-state index in [1.807, 2.05) is 24.3 Å². The summed E-state index contributed by atoms with van der Waals surface area (Å²) in [5.41, 5.74) is 1.23. The summed E-state index contributed by atoms with van der Waals surface area (Å²) in [4.78, 5) is 16.5. The Bertz CT molecular complexity index is 865. The Morgan fingerprint density at radius 2 is 2.08 bits per heavy atom. The first kappa shape index (κ1) is 17.8. The summed E-state index contributed by atoms with van der Waals surface area (Å²) in [5, 5.41) is 2.74. The molecule has 0 aliphatic heterocycles. The lowest BCUT2D eigenvalue weighted by atomic mass is 10.1. The molecule has 1 atom stereocenters. The molecule has 25 heavy (non-hydrogen) atoms. The number of nitrogens with zero attached hydrogens (tertiary/aromatic N) is 1. The minimum absolute atomic E-state index is 0.176. The first-order valence-electron chi connectivity index (χ1n) is 7.75. The highest BCUT2D eigenvalue weighted by molar-refractivity contribution is 8.01. The van der Waals surface area contributed by atoms with Crippen LogP contribution >= 0.6 is 23.1 Å². The smallest absolute Gasteiger partial charge is 0.221 e. The number of hydrogen-bond acceptors (Lipinski definition) is 4. The molecular weight excluding hydrogens is 362 g/mol. The number of aromatic nitrogens is 1. The van der Waals surface area contributed by atoms with E-state index in [0.29, 0.717) is 12.2 Å². The number of hydrogen-bond donors (Lipinski definition) is 1. The monoisotopic (exact) mass is 378 g/mol. The number of rotatable bonds is 6. The lowest BCUT2D eigenvalue weighted by Gasteiger charge is -2.15. The molecule has 1 heterocycles. The van der Waals surface area contributed by atoms with Gasteiger partial charge in [0.25, 0.3) is 0 Å². The summed E-state index contributed by atoms with van der Waals surface area (Å²) < 4.78 is 28.7. The summed E-state index contributed by atoms with van der Waals surface area (Å²) >= 11 is 3.12. The van der Waals surface area contributed by atoms with Crippen LogP contribution in [0, 0.1) is 11.6 Å². The number of amides is 1. The number of thioether (sulfide) groups is 1. The minimum Gasteiger partial charge on any atom is -0.349 e. The third-order valence-electron chi connectivity index (χ3n) is 3.64. The van der Waals surface area contributed by atoms with Gasteiger partial charge in [0.15, 0.2) is 4.34 Å². The molecule has 130 valence electrons. The van der Waals surface area contributed by atoms with E-state index in [4.69, 9.17) is 0 Å². The predicted molar refractivity (Wildman–Crippen MR) is 97.9 cm³/mol. The molecule has 3 aromatic rings. The number of carbonyl (C=O) groups is 1. The topological polar surface area (TPSA) is 42.0 Å². The van der Waals surface area contributed by atoms with E-state index in [1.54, 1.807) is 18.3 Å². The average molecular weight is 378 g/mol. The Kier molecular flexibility index (Phi) is 5.65. The van der Waals surface area contributed by atoms with Crippen LogP contribution in [0.2, 0.25) is 0 Å². The van der Waals surface area contributed by atoms with Crippen LogP contribution in [0.1, 0.15) is 24.9 Å². The van der Waals surface area contributed by atoms with Crippen LogP contribution < -0.4 is 5.32 Å². The fourth-order valence-electron chi connectivity index (χ4n) is 2.39. The zero-order valence-corrected chi connectivity index (χ0v) is 15.1. The summed E-state index contributed by atoms with van der Waals surface area (Å²) in [6, 6.07) is 10.7. The zero-order valence-electron chi connectivity index (χ0n) is 13.5. The fraction of sp³-hybridized carbons (Fsp3) is 0.222. The average Bonchev–Trinajstić information content (AvgIpc) is 2.97. The fourth-order valence-corrected chi connectivity index (χ4v) is 4.46. The molecule has 3 rings (SSSR count). The maximum absolute atomic E-state index is 13.7. The van der Waals surface area contributed by atoms with Gasteiger partial charge in [-0.05, 0) is 25.1 Å². The van der Waals surface area contributed by atoms with Crippen molar-refractivity contribution in [1.29, 1.82) is 0 Å². The van der Waals surface area contributed by atoms with Crippen molar-refractivity contribution in [1.82, 2.24) is 10.3 Å². The highest BCUT2D eigenvalue weighted by Gasteiger charge is 2.14. The number of carbonyl (C=O) groups excluding carboxylic acids is 1. The van der Waals surface area contributed by atoms with Gasteiger partial charge in [-0.15, -0.1) is 11.3 Å². The van der Waals surface area contributed by atoms with Crippen LogP contribution in [0.15, 0.2) is 46.8 Å². The zero-order chi connectivity index (χ0) is 17.8. The summed E-state index contributed by atoms with van der Waals surface area (Å²) in [7, 11) is 0. The van der Waals surface area contributed by atoms with Crippen LogP contribution in [0.4, 0.5) is 8.78 Å².